The number of rotatable bonds is 1. The number of carbonyl (C=O) groups excluding carboxylic acids is 1. The van der Waals surface area contributed by atoms with Crippen molar-refractivity contribution < 1.29 is 14.3 Å². The minimum Gasteiger partial charge on any atom is -0.391 e. The number of amides is 1. The highest BCUT2D eigenvalue weighted by Crippen LogP contribution is 2.22. The molecule has 1 fully saturated rings. The molecule has 1 aromatic carbocycles. The molecule has 1 saturated heterocycles. The molecule has 18 heavy (non-hydrogen) atoms. The zero-order valence-electron chi connectivity index (χ0n) is 9.69. The number of aromatic nitrogens is 1. The number of aliphatic hydroxyl groups is 1. The van der Waals surface area contributed by atoms with Crippen molar-refractivity contribution in [3.05, 3.63) is 35.8 Å². The van der Waals surface area contributed by atoms with E-state index in [1.807, 2.05) is 0 Å². The van der Waals surface area contributed by atoms with Gasteiger partial charge in [-0.25, -0.2) is 4.39 Å². The number of aliphatic hydroxyl groups excluding tert-OH is 1. The number of β-amino-alcohol motifs (C(OH)–C–C–N with tert-alkyl or cyclic N) is 1. The van der Waals surface area contributed by atoms with Crippen molar-refractivity contribution in [1.82, 2.24) is 9.88 Å². The van der Waals surface area contributed by atoms with Gasteiger partial charge in [0.05, 0.1) is 11.7 Å². The predicted octanol–water partition coefficient (Wildman–Crippen LogP) is 1.51. The minimum atomic E-state index is -0.434. The van der Waals surface area contributed by atoms with Gasteiger partial charge in [0, 0.05) is 30.2 Å². The lowest BCUT2D eigenvalue weighted by molar-refractivity contribution is 0.0767. The van der Waals surface area contributed by atoms with Crippen molar-refractivity contribution in [2.45, 2.75) is 12.5 Å². The van der Waals surface area contributed by atoms with Crippen molar-refractivity contribution in [3.8, 4) is 0 Å². The summed E-state index contributed by atoms with van der Waals surface area (Å²) < 4.78 is 13.1. The first-order chi connectivity index (χ1) is 8.65. The number of nitrogens with one attached hydrogen (secondary N) is 1. The highest BCUT2D eigenvalue weighted by atomic mass is 19.1. The molecule has 5 heteroatoms. The summed E-state index contributed by atoms with van der Waals surface area (Å²) in [5, 5.41) is 10.2. The number of carbonyl (C=O) groups is 1. The topological polar surface area (TPSA) is 56.3 Å². The molecule has 0 aliphatic carbocycles. The van der Waals surface area contributed by atoms with Crippen LogP contribution in [0.25, 0.3) is 10.9 Å². The third-order valence-corrected chi connectivity index (χ3v) is 3.32. The van der Waals surface area contributed by atoms with Crippen LogP contribution < -0.4 is 0 Å². The normalized spacial score (nSPS) is 19.7. The van der Waals surface area contributed by atoms with Gasteiger partial charge in [-0.2, -0.15) is 0 Å². The maximum atomic E-state index is 13.1. The zero-order valence-corrected chi connectivity index (χ0v) is 9.69. The molecule has 2 heterocycles. The lowest BCUT2D eigenvalue weighted by Gasteiger charge is -2.14. The van der Waals surface area contributed by atoms with Crippen molar-refractivity contribution in [2.75, 3.05) is 13.1 Å². The Morgan fingerprint density at radius 1 is 1.50 bits per heavy atom. The first-order valence-electron chi connectivity index (χ1n) is 5.89. The molecule has 2 aromatic rings. The van der Waals surface area contributed by atoms with Gasteiger partial charge in [-0.3, -0.25) is 4.79 Å². The lowest BCUT2D eigenvalue weighted by Crippen LogP contribution is -2.29. The fourth-order valence-corrected chi connectivity index (χ4v) is 2.37. The van der Waals surface area contributed by atoms with E-state index in [1.54, 1.807) is 17.2 Å². The average molecular weight is 248 g/mol. The highest BCUT2D eigenvalue weighted by molar-refractivity contribution is 6.06. The van der Waals surface area contributed by atoms with E-state index in [1.165, 1.54) is 12.1 Å². The van der Waals surface area contributed by atoms with Gasteiger partial charge in [0.15, 0.2) is 0 Å². The summed E-state index contributed by atoms with van der Waals surface area (Å²) in [5.74, 6) is -0.454. The molecular formula is C13H13FN2O2. The van der Waals surface area contributed by atoms with Crippen LogP contribution in [0.15, 0.2) is 24.4 Å². The molecule has 4 nitrogen and oxygen atoms in total. The Morgan fingerprint density at radius 2 is 2.33 bits per heavy atom. The van der Waals surface area contributed by atoms with Crippen LogP contribution in [0.2, 0.25) is 0 Å². The summed E-state index contributed by atoms with van der Waals surface area (Å²) in [6.45, 7) is 0.931. The van der Waals surface area contributed by atoms with E-state index in [0.717, 1.165) is 0 Å². The summed E-state index contributed by atoms with van der Waals surface area (Å²) in [5.41, 5.74) is 1.14. The van der Waals surface area contributed by atoms with Gasteiger partial charge in [0.1, 0.15) is 5.82 Å². The first-order valence-corrected chi connectivity index (χ1v) is 5.89. The van der Waals surface area contributed by atoms with Crippen molar-refractivity contribution >= 4 is 16.8 Å². The molecule has 0 unspecified atom stereocenters. The Labute approximate surface area is 103 Å². The third kappa shape index (κ3) is 1.76. The number of aromatic amines is 1. The molecule has 1 aliphatic heterocycles. The quantitative estimate of drug-likeness (QED) is 0.803. The molecule has 1 aromatic heterocycles. The molecular weight excluding hydrogens is 235 g/mol. The number of benzene rings is 1. The van der Waals surface area contributed by atoms with Crippen molar-refractivity contribution in [3.63, 3.8) is 0 Å². The fourth-order valence-electron chi connectivity index (χ4n) is 2.37. The van der Waals surface area contributed by atoms with Crippen molar-refractivity contribution in [1.29, 1.82) is 0 Å². The standard InChI is InChI=1S/C13H13FN2O2/c14-8-1-2-10-11(6-15-12(10)5-8)13(18)16-4-3-9(17)7-16/h1-2,5-6,9,15,17H,3-4,7H2/t9-/m0/s1. The van der Waals surface area contributed by atoms with E-state index in [9.17, 15) is 14.3 Å². The highest BCUT2D eigenvalue weighted by Gasteiger charge is 2.26. The van der Waals surface area contributed by atoms with Gasteiger partial charge in [0.2, 0.25) is 0 Å². The zero-order chi connectivity index (χ0) is 12.7. The van der Waals surface area contributed by atoms with Gasteiger partial charge < -0.3 is 15.0 Å². The number of hydrogen-bond donors (Lipinski definition) is 2. The Hall–Kier alpha value is -1.88. The molecule has 1 amide bonds. The van der Waals surface area contributed by atoms with Crippen LogP contribution >= 0.6 is 0 Å². The van der Waals surface area contributed by atoms with Gasteiger partial charge in [-0.1, -0.05) is 0 Å². The molecule has 1 atom stereocenters. The number of halogens is 1. The molecule has 0 radical (unpaired) electrons. The van der Waals surface area contributed by atoms with E-state index in [4.69, 9.17) is 0 Å². The van der Waals surface area contributed by atoms with E-state index in [-0.39, 0.29) is 11.7 Å². The van der Waals surface area contributed by atoms with E-state index in [2.05, 4.69) is 4.98 Å². The Balaban J connectivity index is 1.97. The molecule has 0 bridgehead atoms. The van der Waals surface area contributed by atoms with Crippen LogP contribution in [-0.4, -0.2) is 40.1 Å². The summed E-state index contributed by atoms with van der Waals surface area (Å²) in [7, 11) is 0. The van der Waals surface area contributed by atoms with Crippen molar-refractivity contribution in [2.24, 2.45) is 0 Å². The molecule has 1 aliphatic rings. The van der Waals surface area contributed by atoms with Crippen LogP contribution in [0.1, 0.15) is 16.8 Å². The molecule has 94 valence electrons. The second-order valence-corrected chi connectivity index (χ2v) is 4.59. The summed E-state index contributed by atoms with van der Waals surface area (Å²) >= 11 is 0. The summed E-state index contributed by atoms with van der Waals surface area (Å²) in [4.78, 5) is 16.8. The second kappa shape index (κ2) is 4.10. The maximum absolute atomic E-state index is 13.1. The van der Waals surface area contributed by atoms with E-state index in [0.29, 0.717) is 36.0 Å². The van der Waals surface area contributed by atoms with Crippen LogP contribution in [0, 0.1) is 5.82 Å². The Kier molecular flexibility index (Phi) is 2.56. The smallest absolute Gasteiger partial charge is 0.256 e. The molecule has 3 rings (SSSR count). The summed E-state index contributed by atoms with van der Waals surface area (Å²) in [6, 6.07) is 4.30. The number of fused-ring (bicyclic) bond motifs is 1. The van der Waals surface area contributed by atoms with E-state index >= 15 is 0 Å². The van der Waals surface area contributed by atoms with E-state index < -0.39 is 6.10 Å². The Morgan fingerprint density at radius 3 is 3.06 bits per heavy atom. The molecule has 0 saturated carbocycles. The first kappa shape index (κ1) is 11.2. The van der Waals surface area contributed by atoms with Crippen LogP contribution in [0.3, 0.4) is 0 Å². The van der Waals surface area contributed by atoms with Crippen LogP contribution in [-0.2, 0) is 0 Å². The number of likely N-dealkylation sites (tertiary alicyclic amines) is 1. The Bertz CT molecular complexity index is 608. The van der Waals surface area contributed by atoms with Gasteiger partial charge in [-0.15, -0.1) is 0 Å². The lowest BCUT2D eigenvalue weighted by atomic mass is 10.1. The minimum absolute atomic E-state index is 0.121. The molecule has 0 spiro atoms. The predicted molar refractivity (Wildman–Crippen MR) is 64.8 cm³/mol. The largest absolute Gasteiger partial charge is 0.391 e. The van der Waals surface area contributed by atoms with Crippen LogP contribution in [0.5, 0.6) is 0 Å². The van der Waals surface area contributed by atoms with Gasteiger partial charge in [-0.05, 0) is 24.6 Å². The summed E-state index contributed by atoms with van der Waals surface area (Å²) in [6.07, 6.45) is 1.77. The van der Waals surface area contributed by atoms with Gasteiger partial charge in [0.25, 0.3) is 5.91 Å². The number of hydrogen-bond acceptors (Lipinski definition) is 2. The molecule has 2 N–H and O–H groups in total. The van der Waals surface area contributed by atoms with Gasteiger partial charge >= 0.3 is 0 Å². The second-order valence-electron chi connectivity index (χ2n) is 4.59. The maximum Gasteiger partial charge on any atom is 0.256 e. The SMILES string of the molecule is O=C(c1c[nH]c2cc(F)ccc12)N1CC[C@H](O)C1. The third-order valence-electron chi connectivity index (χ3n) is 3.32. The van der Waals surface area contributed by atoms with Crippen LogP contribution in [0.4, 0.5) is 4.39 Å². The number of nitrogens with zero attached hydrogens (tertiary/aromatic N) is 1. The average Bonchev–Trinajstić information content (AvgIpc) is 2.94. The monoisotopic (exact) mass is 248 g/mol. The fraction of sp³-hybridized carbons (Fsp3) is 0.308. The number of H-pyrrole nitrogens is 1.